The SMILES string of the molecule is CCCCCCCOC[C@@H](COCCCCCCCCOC1CC[C@@]2(C)C(=CC[C@H]3[C@@H]4CC[C@H]([C@H](C)CCCC(C)C)[C@@]4(C)CC[C@@H]32)C1)N(C)C. The van der Waals surface area contributed by atoms with E-state index in [1.165, 1.54) is 141 Å². The maximum atomic E-state index is 6.57. The lowest BCUT2D eigenvalue weighted by Gasteiger charge is -2.58. The Morgan fingerprint density at radius 3 is 2.02 bits per heavy atom. The van der Waals surface area contributed by atoms with Crippen molar-refractivity contribution in [3.8, 4) is 0 Å². The number of rotatable bonds is 26. The fourth-order valence-corrected chi connectivity index (χ4v) is 11.7. The molecule has 0 aromatic carbocycles. The van der Waals surface area contributed by atoms with Gasteiger partial charge in [0.15, 0.2) is 0 Å². The average Bonchev–Trinajstić information content (AvgIpc) is 3.46. The standard InChI is InChI=1S/C47H87NO3/c1-9-10-11-14-17-31-49-35-40(48(7)8)36-50-32-18-15-12-13-16-19-33-51-41-27-29-46(5)39(34-41)23-24-42-44-26-25-43(38(4)22-20-21-37(2)3)47(44,6)30-28-45(42)46/h23,37-38,40-45H,9-22,24-36H2,1-8H3/t38-,40+,41?,42+,43-,44+,45+,46+,47-/m1/s1. The number of ether oxygens (including phenoxy) is 3. The van der Waals surface area contributed by atoms with Gasteiger partial charge < -0.3 is 19.1 Å². The van der Waals surface area contributed by atoms with Crippen molar-refractivity contribution in [1.82, 2.24) is 4.90 Å². The van der Waals surface area contributed by atoms with Gasteiger partial charge in [0.25, 0.3) is 0 Å². The van der Waals surface area contributed by atoms with Crippen molar-refractivity contribution in [2.45, 2.75) is 195 Å². The molecule has 0 aliphatic heterocycles. The monoisotopic (exact) mass is 714 g/mol. The van der Waals surface area contributed by atoms with Crippen molar-refractivity contribution in [1.29, 1.82) is 0 Å². The van der Waals surface area contributed by atoms with Crippen molar-refractivity contribution in [3.05, 3.63) is 11.6 Å². The van der Waals surface area contributed by atoms with Crippen molar-refractivity contribution in [2.75, 3.05) is 47.1 Å². The highest BCUT2D eigenvalue weighted by atomic mass is 16.5. The van der Waals surface area contributed by atoms with E-state index in [1.54, 1.807) is 5.57 Å². The van der Waals surface area contributed by atoms with Crippen LogP contribution in [0.2, 0.25) is 0 Å². The second-order valence-electron chi connectivity index (χ2n) is 19.3. The first-order chi connectivity index (χ1) is 24.6. The summed E-state index contributed by atoms with van der Waals surface area (Å²) < 4.78 is 18.6. The van der Waals surface area contributed by atoms with Gasteiger partial charge in [-0.05, 0) is 131 Å². The number of unbranched alkanes of at least 4 members (excludes halogenated alkanes) is 9. The maximum Gasteiger partial charge on any atom is 0.0644 e. The molecule has 4 aliphatic rings. The van der Waals surface area contributed by atoms with E-state index in [1.807, 2.05) is 0 Å². The van der Waals surface area contributed by atoms with Crippen LogP contribution in [-0.4, -0.2) is 64.2 Å². The van der Waals surface area contributed by atoms with E-state index in [2.05, 4.69) is 66.6 Å². The highest BCUT2D eigenvalue weighted by Crippen LogP contribution is 2.67. The summed E-state index contributed by atoms with van der Waals surface area (Å²) in [5.41, 5.74) is 2.81. The van der Waals surface area contributed by atoms with Crippen LogP contribution in [-0.2, 0) is 14.2 Å². The van der Waals surface area contributed by atoms with Gasteiger partial charge in [-0.2, -0.15) is 0 Å². The molecule has 4 aliphatic carbocycles. The van der Waals surface area contributed by atoms with E-state index in [0.29, 0.717) is 23.0 Å². The lowest BCUT2D eigenvalue weighted by molar-refractivity contribution is -0.0641. The van der Waals surface area contributed by atoms with Crippen LogP contribution in [0.1, 0.15) is 183 Å². The summed E-state index contributed by atoms with van der Waals surface area (Å²) in [4.78, 5) is 2.25. The van der Waals surface area contributed by atoms with Gasteiger partial charge in [-0.15, -0.1) is 0 Å². The van der Waals surface area contributed by atoms with Crippen molar-refractivity contribution >= 4 is 0 Å². The number of hydrogen-bond donors (Lipinski definition) is 0. The lowest BCUT2D eigenvalue weighted by atomic mass is 9.47. The lowest BCUT2D eigenvalue weighted by Crippen LogP contribution is -2.51. The molecule has 0 spiro atoms. The topological polar surface area (TPSA) is 30.9 Å². The van der Waals surface area contributed by atoms with Gasteiger partial charge in [0.05, 0.1) is 25.4 Å². The minimum Gasteiger partial charge on any atom is -0.380 e. The van der Waals surface area contributed by atoms with Gasteiger partial charge in [-0.25, -0.2) is 0 Å². The van der Waals surface area contributed by atoms with Crippen molar-refractivity contribution in [2.24, 2.45) is 46.3 Å². The largest absolute Gasteiger partial charge is 0.380 e. The Hall–Kier alpha value is -0.420. The van der Waals surface area contributed by atoms with E-state index < -0.39 is 0 Å². The first-order valence-corrected chi connectivity index (χ1v) is 22.7. The van der Waals surface area contributed by atoms with Crippen LogP contribution in [0.15, 0.2) is 11.6 Å². The molecular formula is C47H87NO3. The third kappa shape index (κ3) is 12.5. The third-order valence-corrected chi connectivity index (χ3v) is 15.0. The zero-order valence-corrected chi connectivity index (χ0v) is 35.5. The molecule has 0 aromatic heterocycles. The smallest absolute Gasteiger partial charge is 0.0644 e. The summed E-state index contributed by atoms with van der Waals surface area (Å²) in [5.74, 6) is 5.51. The van der Waals surface area contributed by atoms with Gasteiger partial charge in [0, 0.05) is 19.8 Å². The molecular weight excluding hydrogens is 627 g/mol. The molecule has 0 heterocycles. The van der Waals surface area contributed by atoms with Crippen LogP contribution in [0.25, 0.3) is 0 Å². The van der Waals surface area contributed by atoms with Gasteiger partial charge in [0.1, 0.15) is 0 Å². The molecule has 0 saturated heterocycles. The fourth-order valence-electron chi connectivity index (χ4n) is 11.7. The Morgan fingerprint density at radius 1 is 0.725 bits per heavy atom. The Balaban J connectivity index is 1.06. The first-order valence-electron chi connectivity index (χ1n) is 22.7. The van der Waals surface area contributed by atoms with Crippen LogP contribution in [0.5, 0.6) is 0 Å². The number of hydrogen-bond acceptors (Lipinski definition) is 4. The second-order valence-corrected chi connectivity index (χ2v) is 19.3. The molecule has 298 valence electrons. The number of allylic oxidation sites excluding steroid dienone is 1. The van der Waals surface area contributed by atoms with Crippen LogP contribution in [0, 0.1) is 46.3 Å². The van der Waals surface area contributed by atoms with E-state index in [9.17, 15) is 0 Å². The molecule has 0 aromatic rings. The predicted molar refractivity (Wildman–Crippen MR) is 218 cm³/mol. The molecule has 0 radical (unpaired) electrons. The molecule has 1 unspecified atom stereocenters. The molecule has 3 fully saturated rings. The zero-order valence-electron chi connectivity index (χ0n) is 35.5. The average molecular weight is 714 g/mol. The van der Waals surface area contributed by atoms with Gasteiger partial charge in [0.2, 0.25) is 0 Å². The van der Waals surface area contributed by atoms with Crippen LogP contribution >= 0.6 is 0 Å². The molecule has 3 saturated carbocycles. The predicted octanol–water partition coefficient (Wildman–Crippen LogP) is 12.7. The minimum absolute atomic E-state index is 0.353. The van der Waals surface area contributed by atoms with E-state index in [0.717, 1.165) is 68.5 Å². The Labute approximate surface area is 318 Å². The van der Waals surface area contributed by atoms with Crippen LogP contribution in [0.3, 0.4) is 0 Å². The summed E-state index contributed by atoms with van der Waals surface area (Å²) in [6.07, 6.45) is 32.7. The number of likely N-dealkylation sites (N-methyl/N-ethyl adjacent to an activating group) is 1. The highest BCUT2D eigenvalue weighted by Gasteiger charge is 2.59. The molecule has 4 rings (SSSR count). The van der Waals surface area contributed by atoms with Gasteiger partial charge in [-0.1, -0.05) is 124 Å². The summed E-state index contributed by atoms with van der Waals surface area (Å²) >= 11 is 0. The Kier molecular flexibility index (Phi) is 18.9. The molecule has 0 N–H and O–H groups in total. The van der Waals surface area contributed by atoms with Crippen LogP contribution < -0.4 is 0 Å². The molecule has 9 atom stereocenters. The highest BCUT2D eigenvalue weighted by molar-refractivity contribution is 5.25. The summed E-state index contributed by atoms with van der Waals surface area (Å²) in [6.45, 7) is 19.3. The number of fused-ring (bicyclic) bond motifs is 5. The van der Waals surface area contributed by atoms with E-state index in [4.69, 9.17) is 14.2 Å². The van der Waals surface area contributed by atoms with Crippen LogP contribution in [0.4, 0.5) is 0 Å². The molecule has 4 heteroatoms. The maximum absolute atomic E-state index is 6.57. The molecule has 0 bridgehead atoms. The van der Waals surface area contributed by atoms with Gasteiger partial charge >= 0.3 is 0 Å². The van der Waals surface area contributed by atoms with Crippen molar-refractivity contribution in [3.63, 3.8) is 0 Å². The quantitative estimate of drug-likeness (QED) is 0.0659. The van der Waals surface area contributed by atoms with Crippen molar-refractivity contribution < 1.29 is 14.2 Å². The fraction of sp³-hybridized carbons (Fsp3) is 0.957. The van der Waals surface area contributed by atoms with Gasteiger partial charge in [-0.3, -0.25) is 0 Å². The number of nitrogens with zero attached hydrogens (tertiary/aromatic N) is 1. The van der Waals surface area contributed by atoms with E-state index in [-0.39, 0.29) is 0 Å². The second kappa shape index (κ2) is 22.2. The molecule has 51 heavy (non-hydrogen) atoms. The zero-order chi connectivity index (χ0) is 36.7. The summed E-state index contributed by atoms with van der Waals surface area (Å²) in [7, 11) is 4.28. The Morgan fingerprint density at radius 2 is 1.37 bits per heavy atom. The molecule has 4 nitrogen and oxygen atoms in total. The minimum atomic E-state index is 0.353. The summed E-state index contributed by atoms with van der Waals surface area (Å²) in [5, 5.41) is 0. The Bertz CT molecular complexity index is 979. The first kappa shape index (κ1) is 43.3. The normalized spacial score (nSPS) is 31.7. The van der Waals surface area contributed by atoms with E-state index >= 15 is 0 Å². The third-order valence-electron chi connectivity index (χ3n) is 15.0. The molecule has 0 amide bonds. The summed E-state index contributed by atoms with van der Waals surface area (Å²) in [6, 6.07) is 0.353.